The third-order valence-corrected chi connectivity index (χ3v) is 3.87. The zero-order chi connectivity index (χ0) is 13.0. The lowest BCUT2D eigenvalue weighted by Gasteiger charge is -2.32. The lowest BCUT2D eigenvalue weighted by atomic mass is 9.92. The van der Waals surface area contributed by atoms with Crippen LogP contribution in [0.15, 0.2) is 6.07 Å². The first-order valence-electron chi connectivity index (χ1n) is 7.01. The largest absolute Gasteiger partial charge is 0.356 e. The maximum atomic E-state index is 6.05. The predicted molar refractivity (Wildman–Crippen MR) is 76.3 cm³/mol. The number of aryl methyl sites for hydroxylation is 1. The van der Waals surface area contributed by atoms with Gasteiger partial charge in [0.2, 0.25) is 0 Å². The van der Waals surface area contributed by atoms with Crippen molar-refractivity contribution >= 4 is 17.4 Å². The van der Waals surface area contributed by atoms with Crippen LogP contribution in [-0.4, -0.2) is 23.1 Å². The van der Waals surface area contributed by atoms with Gasteiger partial charge < -0.3 is 4.90 Å². The summed E-state index contributed by atoms with van der Waals surface area (Å²) >= 11 is 6.05. The molecule has 0 atom stereocenters. The predicted octanol–water partition coefficient (Wildman–Crippen LogP) is 3.71. The number of aromatic nitrogens is 2. The van der Waals surface area contributed by atoms with Gasteiger partial charge in [-0.1, -0.05) is 38.3 Å². The van der Waals surface area contributed by atoms with Gasteiger partial charge in [-0.2, -0.15) is 0 Å². The van der Waals surface area contributed by atoms with Crippen LogP contribution < -0.4 is 4.90 Å². The van der Waals surface area contributed by atoms with E-state index in [1.165, 1.54) is 25.7 Å². The number of hydrogen-bond acceptors (Lipinski definition) is 3. The number of nitrogens with zero attached hydrogens (tertiary/aromatic N) is 3. The van der Waals surface area contributed by atoms with Crippen molar-refractivity contribution in [1.29, 1.82) is 0 Å². The van der Waals surface area contributed by atoms with E-state index in [0.717, 1.165) is 37.1 Å². The molecule has 1 aromatic heterocycles. The fourth-order valence-corrected chi connectivity index (χ4v) is 2.83. The zero-order valence-corrected chi connectivity index (χ0v) is 12.1. The summed E-state index contributed by atoms with van der Waals surface area (Å²) in [6.45, 7) is 6.52. The van der Waals surface area contributed by atoms with Crippen molar-refractivity contribution in [1.82, 2.24) is 9.97 Å². The third-order valence-electron chi connectivity index (χ3n) is 3.68. The highest BCUT2D eigenvalue weighted by Crippen LogP contribution is 2.26. The van der Waals surface area contributed by atoms with Gasteiger partial charge in [0.1, 0.15) is 16.8 Å². The van der Waals surface area contributed by atoms with Crippen molar-refractivity contribution in [3.63, 3.8) is 0 Å². The first kappa shape index (κ1) is 13.6. The normalized spacial score (nSPS) is 17.2. The summed E-state index contributed by atoms with van der Waals surface area (Å²) in [5.41, 5.74) is 0. The molecule has 1 fully saturated rings. The lowest BCUT2D eigenvalue weighted by molar-refractivity contribution is 0.377. The van der Waals surface area contributed by atoms with E-state index in [0.29, 0.717) is 5.15 Å². The van der Waals surface area contributed by atoms with E-state index in [2.05, 4.69) is 28.7 Å². The highest BCUT2D eigenvalue weighted by Gasteiger charge is 2.20. The summed E-state index contributed by atoms with van der Waals surface area (Å²) in [6, 6.07) is 1.89. The molecule has 0 aliphatic carbocycles. The summed E-state index contributed by atoms with van der Waals surface area (Å²) in [6.07, 6.45) is 6.04. The molecule has 0 saturated carbocycles. The Balaban J connectivity index is 2.02. The molecule has 0 aromatic carbocycles. The van der Waals surface area contributed by atoms with Crippen molar-refractivity contribution in [2.45, 2.75) is 46.0 Å². The summed E-state index contributed by atoms with van der Waals surface area (Å²) in [5.74, 6) is 2.74. The number of anilines is 1. The summed E-state index contributed by atoms with van der Waals surface area (Å²) in [5, 5.41) is 0.563. The molecule has 2 rings (SSSR count). The van der Waals surface area contributed by atoms with Crippen molar-refractivity contribution in [3.05, 3.63) is 17.0 Å². The Bertz CT molecular complexity index is 387. The Hall–Kier alpha value is -0.830. The summed E-state index contributed by atoms with van der Waals surface area (Å²) in [7, 11) is 0. The SMILES string of the molecule is CCCC1CCN(c2cc(Cl)nc(CC)n2)CC1. The first-order chi connectivity index (χ1) is 8.72. The molecule has 0 amide bonds. The highest BCUT2D eigenvalue weighted by molar-refractivity contribution is 6.29. The van der Waals surface area contributed by atoms with Crippen molar-refractivity contribution in [2.75, 3.05) is 18.0 Å². The maximum absolute atomic E-state index is 6.05. The maximum Gasteiger partial charge on any atom is 0.134 e. The molecule has 100 valence electrons. The monoisotopic (exact) mass is 267 g/mol. The van der Waals surface area contributed by atoms with E-state index in [9.17, 15) is 0 Å². The first-order valence-corrected chi connectivity index (χ1v) is 7.39. The van der Waals surface area contributed by atoms with Gasteiger partial charge >= 0.3 is 0 Å². The second-order valence-electron chi connectivity index (χ2n) is 5.04. The summed E-state index contributed by atoms with van der Waals surface area (Å²) < 4.78 is 0. The van der Waals surface area contributed by atoms with Crippen LogP contribution in [-0.2, 0) is 6.42 Å². The average Bonchev–Trinajstić information content (AvgIpc) is 2.39. The zero-order valence-electron chi connectivity index (χ0n) is 11.3. The van der Waals surface area contributed by atoms with Gasteiger partial charge in [-0.05, 0) is 18.8 Å². The fraction of sp³-hybridized carbons (Fsp3) is 0.714. The van der Waals surface area contributed by atoms with Crippen LogP contribution in [0.4, 0.5) is 5.82 Å². The van der Waals surface area contributed by atoms with E-state index in [4.69, 9.17) is 11.6 Å². The standard InChI is InChI=1S/C14H22ClN3/c1-3-5-11-6-8-18(9-7-11)14-10-12(15)16-13(4-2)17-14/h10-11H,3-9H2,1-2H3. The van der Waals surface area contributed by atoms with Crippen LogP contribution in [0, 0.1) is 5.92 Å². The average molecular weight is 268 g/mol. The fourth-order valence-electron chi connectivity index (χ4n) is 2.63. The van der Waals surface area contributed by atoms with Crippen molar-refractivity contribution in [3.8, 4) is 0 Å². The van der Waals surface area contributed by atoms with E-state index in [1.54, 1.807) is 0 Å². The number of rotatable bonds is 4. The molecule has 3 nitrogen and oxygen atoms in total. The molecule has 1 aliphatic rings. The van der Waals surface area contributed by atoms with E-state index < -0.39 is 0 Å². The minimum atomic E-state index is 0.563. The lowest BCUT2D eigenvalue weighted by Crippen LogP contribution is -2.34. The highest BCUT2D eigenvalue weighted by atomic mass is 35.5. The molecule has 4 heteroatoms. The number of halogens is 1. The van der Waals surface area contributed by atoms with Crippen LogP contribution >= 0.6 is 11.6 Å². The Labute approximate surface area is 115 Å². The Morgan fingerprint density at radius 1 is 1.28 bits per heavy atom. The Kier molecular flexibility index (Phi) is 4.81. The Morgan fingerprint density at radius 3 is 2.61 bits per heavy atom. The molecule has 0 N–H and O–H groups in total. The molecular formula is C14H22ClN3. The van der Waals surface area contributed by atoms with Crippen molar-refractivity contribution < 1.29 is 0 Å². The number of piperidine rings is 1. The van der Waals surface area contributed by atoms with Crippen LogP contribution in [0.5, 0.6) is 0 Å². The van der Waals surface area contributed by atoms with Gasteiger partial charge in [0.25, 0.3) is 0 Å². The number of hydrogen-bond donors (Lipinski definition) is 0. The molecule has 1 saturated heterocycles. The second-order valence-corrected chi connectivity index (χ2v) is 5.42. The van der Waals surface area contributed by atoms with E-state index >= 15 is 0 Å². The topological polar surface area (TPSA) is 29.0 Å². The minimum absolute atomic E-state index is 0.563. The van der Waals surface area contributed by atoms with Gasteiger partial charge in [0.15, 0.2) is 0 Å². The molecule has 18 heavy (non-hydrogen) atoms. The third kappa shape index (κ3) is 3.35. The van der Waals surface area contributed by atoms with Gasteiger partial charge in [0, 0.05) is 25.6 Å². The van der Waals surface area contributed by atoms with E-state index in [-0.39, 0.29) is 0 Å². The second kappa shape index (κ2) is 6.37. The Morgan fingerprint density at radius 2 is 2.00 bits per heavy atom. The van der Waals surface area contributed by atoms with Gasteiger partial charge in [-0.15, -0.1) is 0 Å². The van der Waals surface area contributed by atoms with Crippen LogP contribution in [0.2, 0.25) is 5.15 Å². The van der Waals surface area contributed by atoms with Crippen LogP contribution in [0.1, 0.15) is 45.4 Å². The molecule has 1 aliphatic heterocycles. The molecule has 0 radical (unpaired) electrons. The van der Waals surface area contributed by atoms with E-state index in [1.807, 2.05) is 6.07 Å². The molecule has 1 aromatic rings. The summed E-state index contributed by atoms with van der Waals surface area (Å²) in [4.78, 5) is 11.1. The van der Waals surface area contributed by atoms with Crippen LogP contribution in [0.25, 0.3) is 0 Å². The van der Waals surface area contributed by atoms with Crippen LogP contribution in [0.3, 0.4) is 0 Å². The smallest absolute Gasteiger partial charge is 0.134 e. The molecular weight excluding hydrogens is 246 g/mol. The molecule has 0 unspecified atom stereocenters. The van der Waals surface area contributed by atoms with Gasteiger partial charge in [-0.25, -0.2) is 9.97 Å². The molecule has 0 spiro atoms. The van der Waals surface area contributed by atoms with Gasteiger partial charge in [-0.3, -0.25) is 0 Å². The minimum Gasteiger partial charge on any atom is -0.356 e. The molecule has 0 bridgehead atoms. The van der Waals surface area contributed by atoms with Gasteiger partial charge in [0.05, 0.1) is 0 Å². The molecule has 2 heterocycles. The quantitative estimate of drug-likeness (QED) is 0.779. The van der Waals surface area contributed by atoms with Crippen molar-refractivity contribution in [2.24, 2.45) is 5.92 Å².